The molecule has 0 spiro atoms. The van der Waals surface area contributed by atoms with E-state index in [1.807, 2.05) is 52.1 Å². The van der Waals surface area contributed by atoms with Crippen molar-refractivity contribution in [3.63, 3.8) is 0 Å². The molecule has 0 aromatic heterocycles. The summed E-state index contributed by atoms with van der Waals surface area (Å²) in [5.74, 6) is -0.166. The van der Waals surface area contributed by atoms with Crippen LogP contribution in [0.25, 0.3) is 0 Å². The molecule has 0 unspecified atom stereocenters. The van der Waals surface area contributed by atoms with Crippen LogP contribution in [0.15, 0.2) is 48.1 Å². The van der Waals surface area contributed by atoms with Crippen LogP contribution in [0.1, 0.15) is 32.3 Å². The average Bonchev–Trinajstić information content (AvgIpc) is 2.58. The minimum absolute atomic E-state index is 0.0218. The van der Waals surface area contributed by atoms with Crippen molar-refractivity contribution in [2.24, 2.45) is 5.73 Å². The van der Waals surface area contributed by atoms with E-state index in [1.54, 1.807) is 0 Å². The van der Waals surface area contributed by atoms with Crippen LogP contribution in [0.2, 0.25) is 0 Å². The van der Waals surface area contributed by atoms with Crippen molar-refractivity contribution in [3.8, 4) is 0 Å². The van der Waals surface area contributed by atoms with Crippen LogP contribution in [-0.4, -0.2) is 26.0 Å². The molecular formula is C19H31N3O. The summed E-state index contributed by atoms with van der Waals surface area (Å²) < 4.78 is 0. The van der Waals surface area contributed by atoms with E-state index in [2.05, 4.69) is 28.9 Å². The molecule has 1 amide bonds. The summed E-state index contributed by atoms with van der Waals surface area (Å²) >= 11 is 0. The van der Waals surface area contributed by atoms with Gasteiger partial charge in [-0.2, -0.15) is 0 Å². The Morgan fingerprint density at radius 1 is 1.26 bits per heavy atom. The van der Waals surface area contributed by atoms with Gasteiger partial charge in [0.2, 0.25) is 5.91 Å². The standard InChI is InChI=1S/C9H12N2O.C8H13N.C2H6/c1-7-3-2-4-8(5-7)11-9(12)6-10;1-9-7-8-5-3-2-4-6-8;1-2/h2-5H,6,10H2,1H3,(H,11,12);3,5-6,9H,2,4,7H2,1H3;1-2H3. The number of allylic oxidation sites excluding steroid dienone is 2. The molecule has 4 N–H and O–H groups in total. The second-order valence-electron chi connectivity index (χ2n) is 4.91. The fraction of sp³-hybridized carbons (Fsp3) is 0.421. The van der Waals surface area contributed by atoms with Crippen LogP contribution in [0.3, 0.4) is 0 Å². The number of aryl methyl sites for hydroxylation is 1. The maximum absolute atomic E-state index is 10.9. The second kappa shape index (κ2) is 13.7. The number of likely N-dealkylation sites (N-methyl/N-ethyl adjacent to an activating group) is 1. The van der Waals surface area contributed by atoms with Gasteiger partial charge in [-0.1, -0.05) is 44.2 Å². The molecule has 23 heavy (non-hydrogen) atoms. The van der Waals surface area contributed by atoms with E-state index in [4.69, 9.17) is 5.73 Å². The van der Waals surface area contributed by atoms with E-state index in [1.165, 1.54) is 18.4 Å². The highest BCUT2D eigenvalue weighted by atomic mass is 16.1. The van der Waals surface area contributed by atoms with E-state index >= 15 is 0 Å². The lowest BCUT2D eigenvalue weighted by Gasteiger charge is -2.04. The number of amides is 1. The Kier molecular flexibility index (Phi) is 12.6. The van der Waals surface area contributed by atoms with Crippen LogP contribution in [0.5, 0.6) is 0 Å². The molecule has 0 heterocycles. The normalized spacial score (nSPS) is 12.1. The van der Waals surface area contributed by atoms with E-state index in [0.717, 1.165) is 17.8 Å². The first-order valence-electron chi connectivity index (χ1n) is 8.22. The molecule has 4 nitrogen and oxygen atoms in total. The Labute approximate surface area is 140 Å². The Hall–Kier alpha value is -1.91. The van der Waals surface area contributed by atoms with Gasteiger partial charge in [0.1, 0.15) is 0 Å². The van der Waals surface area contributed by atoms with Crippen LogP contribution in [-0.2, 0) is 4.79 Å². The highest BCUT2D eigenvalue weighted by molar-refractivity contribution is 5.92. The largest absolute Gasteiger partial charge is 0.325 e. The highest BCUT2D eigenvalue weighted by Gasteiger charge is 1.97. The van der Waals surface area contributed by atoms with Crippen molar-refractivity contribution >= 4 is 11.6 Å². The van der Waals surface area contributed by atoms with Gasteiger partial charge in [0.15, 0.2) is 0 Å². The van der Waals surface area contributed by atoms with E-state index in [0.29, 0.717) is 0 Å². The zero-order chi connectivity index (χ0) is 17.5. The Morgan fingerprint density at radius 2 is 2.00 bits per heavy atom. The number of anilines is 1. The van der Waals surface area contributed by atoms with Crippen LogP contribution >= 0.6 is 0 Å². The summed E-state index contributed by atoms with van der Waals surface area (Å²) in [6, 6.07) is 7.59. The predicted octanol–water partition coefficient (Wildman–Crippen LogP) is 3.40. The van der Waals surface area contributed by atoms with E-state index in [9.17, 15) is 4.79 Å². The van der Waals surface area contributed by atoms with Gasteiger partial charge in [0.05, 0.1) is 6.54 Å². The summed E-state index contributed by atoms with van der Waals surface area (Å²) in [7, 11) is 1.98. The van der Waals surface area contributed by atoms with Crippen LogP contribution in [0, 0.1) is 6.92 Å². The van der Waals surface area contributed by atoms with Crippen molar-refractivity contribution < 1.29 is 4.79 Å². The molecule has 0 bridgehead atoms. The molecule has 1 aromatic rings. The molecule has 2 rings (SSSR count). The first-order valence-corrected chi connectivity index (χ1v) is 8.22. The summed E-state index contributed by atoms with van der Waals surface area (Å²) in [6.45, 7) is 7.00. The summed E-state index contributed by atoms with van der Waals surface area (Å²) in [6.07, 6.45) is 9.14. The Bertz CT molecular complexity index is 507. The molecule has 0 saturated heterocycles. The molecule has 1 aliphatic carbocycles. The minimum atomic E-state index is -0.166. The number of nitrogens with one attached hydrogen (secondary N) is 2. The first kappa shape index (κ1) is 21.1. The topological polar surface area (TPSA) is 67.1 Å². The second-order valence-corrected chi connectivity index (χ2v) is 4.91. The minimum Gasteiger partial charge on any atom is -0.325 e. The van der Waals surface area contributed by atoms with Crippen molar-refractivity contribution in [1.29, 1.82) is 0 Å². The third-order valence-electron chi connectivity index (χ3n) is 2.94. The maximum Gasteiger partial charge on any atom is 0.238 e. The molecule has 1 aliphatic rings. The number of carbonyl (C=O) groups is 1. The van der Waals surface area contributed by atoms with Crippen molar-refractivity contribution in [1.82, 2.24) is 5.32 Å². The van der Waals surface area contributed by atoms with Gasteiger partial charge < -0.3 is 16.4 Å². The third kappa shape index (κ3) is 10.4. The SMILES string of the molecule is CC.CNCC1=CCCC=C1.Cc1cccc(NC(=O)CN)c1. The molecule has 0 fully saturated rings. The number of benzene rings is 1. The van der Waals surface area contributed by atoms with Crippen LogP contribution in [0.4, 0.5) is 5.69 Å². The average molecular weight is 317 g/mol. The molecule has 0 saturated carbocycles. The van der Waals surface area contributed by atoms with Gasteiger partial charge in [-0.15, -0.1) is 0 Å². The van der Waals surface area contributed by atoms with E-state index in [-0.39, 0.29) is 12.5 Å². The lowest BCUT2D eigenvalue weighted by atomic mass is 10.1. The quantitative estimate of drug-likeness (QED) is 0.797. The number of hydrogen-bond acceptors (Lipinski definition) is 3. The van der Waals surface area contributed by atoms with Crippen molar-refractivity contribution in [2.75, 3.05) is 25.5 Å². The summed E-state index contributed by atoms with van der Waals surface area (Å²) in [4.78, 5) is 10.9. The van der Waals surface area contributed by atoms with Gasteiger partial charge in [-0.05, 0) is 50.1 Å². The zero-order valence-electron chi connectivity index (χ0n) is 14.9. The zero-order valence-corrected chi connectivity index (χ0v) is 14.9. The van der Waals surface area contributed by atoms with Crippen LogP contribution < -0.4 is 16.4 Å². The highest BCUT2D eigenvalue weighted by Crippen LogP contribution is 2.08. The fourth-order valence-corrected chi connectivity index (χ4v) is 1.94. The lowest BCUT2D eigenvalue weighted by Crippen LogP contribution is -2.21. The molecule has 128 valence electrons. The lowest BCUT2D eigenvalue weighted by molar-refractivity contribution is -0.114. The van der Waals surface area contributed by atoms with Gasteiger partial charge >= 0.3 is 0 Å². The number of carbonyl (C=O) groups excluding carboxylic acids is 1. The fourth-order valence-electron chi connectivity index (χ4n) is 1.94. The van der Waals surface area contributed by atoms with Gasteiger partial charge in [0.25, 0.3) is 0 Å². The monoisotopic (exact) mass is 317 g/mol. The van der Waals surface area contributed by atoms with Crippen molar-refractivity contribution in [2.45, 2.75) is 33.6 Å². The van der Waals surface area contributed by atoms with Gasteiger partial charge in [-0.25, -0.2) is 0 Å². The third-order valence-corrected chi connectivity index (χ3v) is 2.94. The Morgan fingerprint density at radius 3 is 2.52 bits per heavy atom. The number of nitrogens with two attached hydrogens (primary N) is 1. The smallest absolute Gasteiger partial charge is 0.238 e. The van der Waals surface area contributed by atoms with Gasteiger partial charge in [-0.3, -0.25) is 4.79 Å². The molecule has 0 radical (unpaired) electrons. The van der Waals surface area contributed by atoms with E-state index < -0.39 is 0 Å². The predicted molar refractivity (Wildman–Crippen MR) is 101 cm³/mol. The molecule has 1 aromatic carbocycles. The molecule has 4 heteroatoms. The summed E-state index contributed by atoms with van der Waals surface area (Å²) in [5.41, 5.74) is 8.48. The molecular weight excluding hydrogens is 286 g/mol. The number of hydrogen-bond donors (Lipinski definition) is 3. The maximum atomic E-state index is 10.9. The molecule has 0 atom stereocenters. The number of rotatable bonds is 4. The van der Waals surface area contributed by atoms with Gasteiger partial charge in [0, 0.05) is 12.2 Å². The summed E-state index contributed by atoms with van der Waals surface area (Å²) in [5, 5.41) is 5.79. The van der Waals surface area contributed by atoms with Crippen molar-refractivity contribution in [3.05, 3.63) is 53.6 Å². The Balaban J connectivity index is 0.000000392. The molecule has 0 aliphatic heterocycles. The first-order chi connectivity index (χ1) is 11.2.